The van der Waals surface area contributed by atoms with E-state index < -0.39 is 47.1 Å². The Labute approximate surface area is 335 Å². The minimum absolute atomic E-state index is 0. The first-order valence-corrected chi connectivity index (χ1v) is 22.2. The Morgan fingerprint density at radius 3 is 0.873 bits per heavy atom. The van der Waals surface area contributed by atoms with E-state index in [0.29, 0.717) is 0 Å². The van der Waals surface area contributed by atoms with Gasteiger partial charge in [-0.1, -0.05) is 135 Å². The van der Waals surface area contributed by atoms with Crippen molar-refractivity contribution in [2.45, 2.75) is 63.4 Å². The van der Waals surface area contributed by atoms with Gasteiger partial charge in [-0.05, 0) is 97.4 Å². The summed E-state index contributed by atoms with van der Waals surface area (Å²) >= 11 is 0. The minimum Gasteiger partial charge on any atom is -0.279 e. The summed E-state index contributed by atoms with van der Waals surface area (Å²) in [4.78, 5) is 0. The topological polar surface area (TPSA) is 109 Å². The van der Waals surface area contributed by atoms with Crippen LogP contribution >= 0.6 is 15.8 Å². The third kappa shape index (κ3) is 14.0. The molecule has 0 radical (unpaired) electrons. The van der Waals surface area contributed by atoms with Gasteiger partial charge in [0.25, 0.3) is 0 Å². The molecule has 4 aromatic rings. The molecule has 1 saturated carbocycles. The van der Waals surface area contributed by atoms with Gasteiger partial charge in [0.1, 0.15) is 0 Å². The van der Waals surface area contributed by atoms with Crippen LogP contribution in [0.3, 0.4) is 0 Å². The Hall–Kier alpha value is -2.69. The predicted octanol–water partition coefficient (Wildman–Crippen LogP) is 9.94. The summed E-state index contributed by atoms with van der Waals surface area (Å²) in [5.41, 5.74) is -7.72. The Morgan fingerprint density at radius 1 is 0.509 bits per heavy atom. The standard InChI is InChI=1S/C36H38P2.2CHF3O3S.Pt/c1-3-35(37(29-19-9-5-10-20-29)30-21-11-6-12-22-30)33-27-17-18-28-34(33)36(4-2)38(31-23-13-7-14-24-31)32-25-15-8-16-26-32;2*2-1(3,4)8(5,6)7;/h5-16,19-26H,3-4,17-18,27-28H2,1-2H3;2*(H,5,6,7);/b35-33-,36-34?;;;. The fourth-order valence-electron chi connectivity index (χ4n) is 5.78. The molecule has 17 heteroatoms. The van der Waals surface area contributed by atoms with Crippen molar-refractivity contribution in [1.82, 2.24) is 0 Å². The van der Waals surface area contributed by atoms with E-state index in [4.69, 9.17) is 25.9 Å². The molecule has 6 nitrogen and oxygen atoms in total. The van der Waals surface area contributed by atoms with Crippen LogP contribution in [0.1, 0.15) is 52.4 Å². The second-order valence-corrected chi connectivity index (χ2v) is 18.9. The zero-order valence-electron chi connectivity index (χ0n) is 29.6. The second kappa shape index (κ2) is 21.7. The average molecular weight is 1030 g/mol. The maximum atomic E-state index is 10.7. The molecule has 0 amide bonds. The number of hydrogen-bond donors (Lipinski definition) is 2. The van der Waals surface area contributed by atoms with Gasteiger partial charge >= 0.3 is 31.3 Å². The summed E-state index contributed by atoms with van der Waals surface area (Å²) in [5.74, 6) is 0. The SMILES string of the molecule is CCC(=C1CCCC/C1=C(\CC)P(c1ccccc1)c1ccccc1)P(c1ccccc1)c1ccccc1.O=S(=O)(O)C(F)(F)F.O=S(=O)(O)C(F)(F)F.[Pt]. The van der Waals surface area contributed by atoms with E-state index in [1.54, 1.807) is 21.8 Å². The van der Waals surface area contributed by atoms with Gasteiger partial charge in [-0.3, -0.25) is 9.11 Å². The molecule has 2 N–H and O–H groups in total. The molecule has 0 bridgehead atoms. The van der Waals surface area contributed by atoms with Gasteiger partial charge in [0.2, 0.25) is 0 Å². The summed E-state index contributed by atoms with van der Waals surface area (Å²) in [7, 11) is -12.8. The third-order valence-corrected chi connectivity index (χ3v) is 14.7. The van der Waals surface area contributed by atoms with E-state index in [2.05, 4.69) is 135 Å². The number of benzene rings is 4. The number of allylic oxidation sites excluding steroid dienone is 4. The largest absolute Gasteiger partial charge is 0.522 e. The molecule has 0 spiro atoms. The van der Waals surface area contributed by atoms with Crippen molar-refractivity contribution >= 4 is 57.3 Å². The normalized spacial score (nSPS) is 15.5. The van der Waals surface area contributed by atoms with Crippen LogP contribution in [-0.2, 0) is 41.3 Å². The molecule has 1 aliphatic rings. The number of hydrogen-bond acceptors (Lipinski definition) is 4. The van der Waals surface area contributed by atoms with Crippen LogP contribution in [0.2, 0.25) is 0 Å². The molecule has 55 heavy (non-hydrogen) atoms. The quantitative estimate of drug-likeness (QED) is 0.0788. The summed E-state index contributed by atoms with van der Waals surface area (Å²) < 4.78 is 115. The van der Waals surface area contributed by atoms with Gasteiger partial charge in [-0.15, -0.1) is 0 Å². The van der Waals surface area contributed by atoms with Crippen LogP contribution < -0.4 is 21.2 Å². The van der Waals surface area contributed by atoms with E-state index in [1.807, 2.05) is 0 Å². The maximum Gasteiger partial charge on any atom is 0.522 e. The molecular formula is C38H40F6O6P2PtS2. The van der Waals surface area contributed by atoms with Crippen molar-refractivity contribution in [2.24, 2.45) is 0 Å². The zero-order valence-corrected chi connectivity index (χ0v) is 35.3. The van der Waals surface area contributed by atoms with E-state index in [0.717, 1.165) is 12.8 Å². The first-order valence-electron chi connectivity index (χ1n) is 16.6. The predicted molar refractivity (Wildman–Crippen MR) is 206 cm³/mol. The molecular weight excluding hydrogens is 988 g/mol. The Bertz CT molecular complexity index is 1840. The van der Waals surface area contributed by atoms with Crippen LogP contribution in [0, 0.1) is 0 Å². The van der Waals surface area contributed by atoms with Gasteiger partial charge in [-0.2, -0.15) is 43.2 Å². The van der Waals surface area contributed by atoms with E-state index in [9.17, 15) is 26.3 Å². The molecule has 0 unspecified atom stereocenters. The fraction of sp³-hybridized carbons (Fsp3) is 0.263. The monoisotopic (exact) mass is 1030 g/mol. The van der Waals surface area contributed by atoms with Crippen LogP contribution in [0.25, 0.3) is 0 Å². The first-order chi connectivity index (χ1) is 25.3. The molecule has 5 rings (SSSR count). The van der Waals surface area contributed by atoms with Crippen LogP contribution in [-0.4, -0.2) is 37.0 Å². The van der Waals surface area contributed by atoms with Gasteiger partial charge in [0.05, 0.1) is 0 Å². The third-order valence-electron chi connectivity index (χ3n) is 8.02. The van der Waals surface area contributed by atoms with Gasteiger partial charge in [0, 0.05) is 21.1 Å². The molecule has 0 aromatic heterocycles. The number of rotatable bonds is 8. The number of alkyl halides is 6. The van der Waals surface area contributed by atoms with Crippen molar-refractivity contribution < 1.29 is 73.3 Å². The van der Waals surface area contributed by atoms with Crippen molar-refractivity contribution in [1.29, 1.82) is 0 Å². The Balaban J connectivity index is 0.000000517. The van der Waals surface area contributed by atoms with Crippen molar-refractivity contribution in [3.63, 3.8) is 0 Å². The van der Waals surface area contributed by atoms with Crippen molar-refractivity contribution in [3.8, 4) is 0 Å². The summed E-state index contributed by atoms with van der Waals surface area (Å²) in [6.07, 6.45) is 7.18. The summed E-state index contributed by atoms with van der Waals surface area (Å²) in [6.45, 7) is 4.77. The molecule has 1 aliphatic carbocycles. The van der Waals surface area contributed by atoms with Gasteiger partial charge in [0.15, 0.2) is 0 Å². The molecule has 4 aromatic carbocycles. The molecule has 0 saturated heterocycles. The zero-order chi connectivity index (χ0) is 40.2. The smallest absolute Gasteiger partial charge is 0.279 e. The van der Waals surface area contributed by atoms with Crippen LogP contribution in [0.15, 0.2) is 143 Å². The molecule has 0 heterocycles. The van der Waals surface area contributed by atoms with Gasteiger partial charge < -0.3 is 0 Å². The Morgan fingerprint density at radius 2 is 0.709 bits per heavy atom. The second-order valence-electron chi connectivity index (χ2n) is 11.6. The minimum atomic E-state index is -5.84. The maximum absolute atomic E-state index is 10.7. The molecule has 0 atom stereocenters. The van der Waals surface area contributed by atoms with Crippen LogP contribution in [0.5, 0.6) is 0 Å². The summed E-state index contributed by atoms with van der Waals surface area (Å²) in [6, 6.07) is 45.1. The number of halogens is 6. The molecule has 1 fully saturated rings. The van der Waals surface area contributed by atoms with E-state index >= 15 is 0 Å². The van der Waals surface area contributed by atoms with Crippen molar-refractivity contribution in [3.05, 3.63) is 143 Å². The van der Waals surface area contributed by atoms with Gasteiger partial charge in [-0.25, -0.2) is 0 Å². The van der Waals surface area contributed by atoms with Crippen molar-refractivity contribution in [2.75, 3.05) is 0 Å². The fourth-order valence-corrected chi connectivity index (χ4v) is 11.2. The summed E-state index contributed by atoms with van der Waals surface area (Å²) in [5, 5.41) is 9.22. The molecule has 302 valence electrons. The van der Waals surface area contributed by atoms with E-state index in [1.165, 1.54) is 46.9 Å². The average Bonchev–Trinajstić information content (AvgIpc) is 3.13. The first kappa shape index (κ1) is 48.5. The molecule has 0 aliphatic heterocycles. The Kier molecular flexibility index (Phi) is 19.1. The van der Waals surface area contributed by atoms with Crippen LogP contribution in [0.4, 0.5) is 26.3 Å². The van der Waals surface area contributed by atoms with E-state index in [-0.39, 0.29) is 21.1 Å².